The van der Waals surface area contributed by atoms with Crippen molar-refractivity contribution in [3.8, 4) is 0 Å². The Kier molecular flexibility index (Phi) is 5.52. The summed E-state index contributed by atoms with van der Waals surface area (Å²) in [5, 5.41) is 11.7. The Morgan fingerprint density at radius 2 is 1.89 bits per heavy atom. The largest absolute Gasteiger partial charge is 0.396 e. The smallest absolute Gasteiger partial charge is 0.251 e. The molecule has 1 amide bonds. The summed E-state index contributed by atoms with van der Waals surface area (Å²) in [6.45, 7) is 9.39. The number of nitrogens with one attached hydrogen (secondary N) is 1. The molecule has 19 heavy (non-hydrogen) atoms. The van der Waals surface area contributed by atoms with Gasteiger partial charge in [-0.1, -0.05) is 35.9 Å². The van der Waals surface area contributed by atoms with E-state index < -0.39 is 0 Å². The molecule has 0 heterocycles. The van der Waals surface area contributed by atoms with Gasteiger partial charge < -0.3 is 10.4 Å². The van der Waals surface area contributed by atoms with Gasteiger partial charge in [0.15, 0.2) is 0 Å². The van der Waals surface area contributed by atoms with Gasteiger partial charge in [-0.3, -0.25) is 4.79 Å². The Morgan fingerprint density at radius 3 is 2.37 bits per heavy atom. The zero-order chi connectivity index (χ0) is 14.4. The van der Waals surface area contributed by atoms with Crippen LogP contribution >= 0.6 is 0 Å². The molecule has 0 aromatic heterocycles. The summed E-state index contributed by atoms with van der Waals surface area (Å²) in [6, 6.07) is 6.17. The van der Waals surface area contributed by atoms with Crippen LogP contribution in [0.15, 0.2) is 36.6 Å². The maximum Gasteiger partial charge on any atom is 0.251 e. The maximum absolute atomic E-state index is 12.0. The number of aliphatic hydroxyl groups excluding tert-OH is 1. The van der Waals surface area contributed by atoms with Gasteiger partial charge in [0.05, 0.1) is 0 Å². The van der Waals surface area contributed by atoms with E-state index in [4.69, 9.17) is 5.11 Å². The van der Waals surface area contributed by atoms with Gasteiger partial charge in [-0.05, 0) is 38.1 Å². The second-order valence-electron chi connectivity index (χ2n) is 4.63. The van der Waals surface area contributed by atoms with Gasteiger partial charge in [0.1, 0.15) is 0 Å². The van der Waals surface area contributed by atoms with Crippen molar-refractivity contribution >= 4 is 11.5 Å². The van der Waals surface area contributed by atoms with Crippen molar-refractivity contribution in [3.05, 3.63) is 53.2 Å². The van der Waals surface area contributed by atoms with Gasteiger partial charge in [-0.2, -0.15) is 0 Å². The number of aryl methyl sites for hydroxylation is 2. The number of rotatable bonds is 5. The maximum atomic E-state index is 12.0. The van der Waals surface area contributed by atoms with Crippen LogP contribution in [0, 0.1) is 13.8 Å². The average Bonchev–Trinajstić information content (AvgIpc) is 2.34. The van der Waals surface area contributed by atoms with E-state index in [-0.39, 0.29) is 12.5 Å². The molecule has 0 aliphatic heterocycles. The number of carbonyl (C=O) groups excluding carboxylic acids is 1. The SMILES string of the molecule is C=CNC(=O)/C(CCO)=C(\C)c1cc(C)cc(C)c1. The molecule has 3 nitrogen and oxygen atoms in total. The lowest BCUT2D eigenvalue weighted by Gasteiger charge is -2.12. The van der Waals surface area contributed by atoms with Crippen LogP contribution in [-0.2, 0) is 4.79 Å². The monoisotopic (exact) mass is 259 g/mol. The van der Waals surface area contributed by atoms with Crippen molar-refractivity contribution in [2.75, 3.05) is 6.61 Å². The molecular formula is C16H21NO2. The van der Waals surface area contributed by atoms with E-state index in [1.807, 2.05) is 32.9 Å². The van der Waals surface area contributed by atoms with Gasteiger partial charge >= 0.3 is 0 Å². The fourth-order valence-corrected chi connectivity index (χ4v) is 2.13. The molecule has 0 aliphatic rings. The third-order valence-electron chi connectivity index (χ3n) is 2.98. The summed E-state index contributed by atoms with van der Waals surface area (Å²) in [5.74, 6) is -0.208. The van der Waals surface area contributed by atoms with Crippen LogP contribution in [-0.4, -0.2) is 17.6 Å². The summed E-state index contributed by atoms with van der Waals surface area (Å²) in [5.41, 5.74) is 4.80. The van der Waals surface area contributed by atoms with Gasteiger partial charge in [-0.15, -0.1) is 0 Å². The fraction of sp³-hybridized carbons (Fsp3) is 0.312. The lowest BCUT2D eigenvalue weighted by Crippen LogP contribution is -2.20. The van der Waals surface area contributed by atoms with Crippen molar-refractivity contribution in [1.29, 1.82) is 0 Å². The van der Waals surface area contributed by atoms with E-state index in [1.54, 1.807) is 0 Å². The topological polar surface area (TPSA) is 49.3 Å². The zero-order valence-corrected chi connectivity index (χ0v) is 11.8. The van der Waals surface area contributed by atoms with E-state index >= 15 is 0 Å². The fourth-order valence-electron chi connectivity index (χ4n) is 2.13. The van der Waals surface area contributed by atoms with Crippen LogP contribution in [0.2, 0.25) is 0 Å². The normalized spacial score (nSPS) is 11.8. The van der Waals surface area contributed by atoms with Gasteiger partial charge in [-0.25, -0.2) is 0 Å². The zero-order valence-electron chi connectivity index (χ0n) is 11.8. The number of allylic oxidation sites excluding steroid dienone is 1. The third-order valence-corrected chi connectivity index (χ3v) is 2.98. The number of amides is 1. The summed E-state index contributed by atoms with van der Waals surface area (Å²) in [4.78, 5) is 12.0. The minimum atomic E-state index is -0.208. The number of aliphatic hydroxyl groups is 1. The summed E-state index contributed by atoms with van der Waals surface area (Å²) in [7, 11) is 0. The second-order valence-corrected chi connectivity index (χ2v) is 4.63. The Bertz CT molecular complexity index is 495. The summed E-state index contributed by atoms with van der Waals surface area (Å²) < 4.78 is 0. The molecule has 1 aromatic carbocycles. The number of hydrogen-bond donors (Lipinski definition) is 2. The molecule has 2 N–H and O–H groups in total. The van der Waals surface area contributed by atoms with Crippen molar-refractivity contribution in [3.63, 3.8) is 0 Å². The van der Waals surface area contributed by atoms with E-state index in [1.165, 1.54) is 6.20 Å². The Morgan fingerprint density at radius 1 is 1.32 bits per heavy atom. The number of carbonyl (C=O) groups is 1. The Hall–Kier alpha value is -1.87. The highest BCUT2D eigenvalue weighted by atomic mass is 16.3. The number of benzene rings is 1. The Balaban J connectivity index is 3.27. The average molecular weight is 259 g/mol. The standard InChI is InChI=1S/C16H21NO2/c1-5-17-16(19)15(6-7-18)13(4)14-9-11(2)8-12(3)10-14/h5,8-10,18H,1,6-7H2,2-4H3,(H,17,19)/b15-13+. The molecule has 0 bridgehead atoms. The summed E-state index contributed by atoms with van der Waals surface area (Å²) >= 11 is 0. The predicted molar refractivity (Wildman–Crippen MR) is 78.6 cm³/mol. The first kappa shape index (κ1) is 15.2. The van der Waals surface area contributed by atoms with Crippen LogP contribution in [0.1, 0.15) is 30.0 Å². The molecule has 1 aromatic rings. The highest BCUT2D eigenvalue weighted by molar-refractivity contribution is 6.01. The van der Waals surface area contributed by atoms with Crippen LogP contribution in [0.4, 0.5) is 0 Å². The van der Waals surface area contributed by atoms with E-state index in [9.17, 15) is 4.79 Å². The molecular weight excluding hydrogens is 238 g/mol. The van der Waals surface area contributed by atoms with Gasteiger partial charge in [0.25, 0.3) is 5.91 Å². The molecule has 0 unspecified atom stereocenters. The van der Waals surface area contributed by atoms with Crippen LogP contribution in [0.3, 0.4) is 0 Å². The molecule has 0 saturated carbocycles. The molecule has 0 aliphatic carbocycles. The van der Waals surface area contributed by atoms with Crippen molar-refractivity contribution in [2.45, 2.75) is 27.2 Å². The minimum absolute atomic E-state index is 0.0535. The van der Waals surface area contributed by atoms with E-state index in [0.717, 1.165) is 22.3 Å². The quantitative estimate of drug-likeness (QED) is 0.799. The highest BCUT2D eigenvalue weighted by Gasteiger charge is 2.13. The Labute approximate surface area is 114 Å². The highest BCUT2D eigenvalue weighted by Crippen LogP contribution is 2.23. The first-order valence-electron chi connectivity index (χ1n) is 6.30. The van der Waals surface area contributed by atoms with Gasteiger partial charge in [0.2, 0.25) is 0 Å². The van der Waals surface area contributed by atoms with Crippen molar-refractivity contribution < 1.29 is 9.90 Å². The molecule has 3 heteroatoms. The summed E-state index contributed by atoms with van der Waals surface area (Å²) in [6.07, 6.45) is 1.69. The number of hydrogen-bond acceptors (Lipinski definition) is 2. The molecule has 0 saturated heterocycles. The molecule has 0 radical (unpaired) electrons. The molecule has 0 fully saturated rings. The first-order chi connectivity index (χ1) is 8.99. The third kappa shape index (κ3) is 4.07. The van der Waals surface area contributed by atoms with Crippen molar-refractivity contribution in [2.24, 2.45) is 0 Å². The predicted octanol–water partition coefficient (Wildman–Crippen LogP) is 2.72. The van der Waals surface area contributed by atoms with Gasteiger partial charge in [0, 0.05) is 18.6 Å². The lowest BCUT2D eigenvalue weighted by molar-refractivity contribution is -0.116. The molecule has 1 rings (SSSR count). The second kappa shape index (κ2) is 6.90. The first-order valence-corrected chi connectivity index (χ1v) is 6.30. The van der Waals surface area contributed by atoms with E-state index in [2.05, 4.69) is 18.0 Å². The minimum Gasteiger partial charge on any atom is -0.396 e. The van der Waals surface area contributed by atoms with Crippen LogP contribution < -0.4 is 5.32 Å². The molecule has 102 valence electrons. The van der Waals surface area contributed by atoms with Crippen molar-refractivity contribution in [1.82, 2.24) is 5.32 Å². The van der Waals surface area contributed by atoms with Crippen LogP contribution in [0.5, 0.6) is 0 Å². The van der Waals surface area contributed by atoms with E-state index in [0.29, 0.717) is 12.0 Å². The van der Waals surface area contributed by atoms with Crippen LogP contribution in [0.25, 0.3) is 5.57 Å². The lowest BCUT2D eigenvalue weighted by atomic mass is 9.96. The molecule has 0 spiro atoms. The molecule has 0 atom stereocenters.